The molecule has 0 aliphatic heterocycles. The van der Waals surface area contributed by atoms with E-state index in [0.29, 0.717) is 5.56 Å². The number of anilines is 1. The van der Waals surface area contributed by atoms with E-state index in [-0.39, 0.29) is 18.1 Å². The summed E-state index contributed by atoms with van der Waals surface area (Å²) >= 11 is 0. The number of nitro groups is 1. The summed E-state index contributed by atoms with van der Waals surface area (Å²) in [6, 6.07) is 1.58. The van der Waals surface area contributed by atoms with Crippen molar-refractivity contribution in [1.82, 2.24) is 4.98 Å². The van der Waals surface area contributed by atoms with Gasteiger partial charge in [0.25, 0.3) is 0 Å². The van der Waals surface area contributed by atoms with Crippen LogP contribution in [0.5, 0.6) is 0 Å². The van der Waals surface area contributed by atoms with Crippen LogP contribution in [0.4, 0.5) is 11.5 Å². The lowest BCUT2D eigenvalue weighted by atomic mass is 10.2. The fourth-order valence-electron chi connectivity index (χ4n) is 1.05. The molecule has 0 saturated carbocycles. The van der Waals surface area contributed by atoms with E-state index < -0.39 is 4.92 Å². The molecule has 0 atom stereocenters. The average Bonchev–Trinajstić information content (AvgIpc) is 2.14. The van der Waals surface area contributed by atoms with Gasteiger partial charge in [-0.25, -0.2) is 4.98 Å². The molecule has 0 amide bonds. The number of hydrogen-bond donors (Lipinski definition) is 1. The Balaban J connectivity index is 3.09. The van der Waals surface area contributed by atoms with Crippen molar-refractivity contribution in [3.63, 3.8) is 0 Å². The number of hydrogen-bond acceptors (Lipinski definition) is 4. The first-order valence-electron chi connectivity index (χ1n) is 3.94. The molecule has 0 saturated heterocycles. The van der Waals surface area contributed by atoms with Crippen molar-refractivity contribution in [3.8, 4) is 12.3 Å². The molecule has 72 valence electrons. The van der Waals surface area contributed by atoms with Crippen LogP contribution in [0.1, 0.15) is 5.56 Å². The summed E-state index contributed by atoms with van der Waals surface area (Å²) in [5, 5.41) is 13.4. The van der Waals surface area contributed by atoms with Crippen molar-refractivity contribution in [2.75, 3.05) is 11.9 Å². The Morgan fingerprint density at radius 3 is 3.07 bits per heavy atom. The van der Waals surface area contributed by atoms with E-state index >= 15 is 0 Å². The van der Waals surface area contributed by atoms with Gasteiger partial charge in [0.2, 0.25) is 5.82 Å². The van der Waals surface area contributed by atoms with Crippen LogP contribution in [-0.4, -0.2) is 16.5 Å². The Morgan fingerprint density at radius 1 is 1.79 bits per heavy atom. The Labute approximate surface area is 81.3 Å². The molecule has 5 heteroatoms. The van der Waals surface area contributed by atoms with Crippen LogP contribution in [0.15, 0.2) is 12.3 Å². The zero-order valence-corrected chi connectivity index (χ0v) is 7.65. The lowest BCUT2D eigenvalue weighted by Gasteiger charge is -2.03. The van der Waals surface area contributed by atoms with Crippen molar-refractivity contribution in [1.29, 1.82) is 0 Å². The molecule has 1 heterocycles. The first-order chi connectivity index (χ1) is 6.66. The standard InChI is InChI=1S/C9H9N3O2/c1-3-5-10-9-8(12(13)14)7(2)4-6-11-9/h1,4,6H,5H2,2H3,(H,10,11). The molecule has 14 heavy (non-hydrogen) atoms. The third-order valence-electron chi connectivity index (χ3n) is 1.67. The molecule has 1 aromatic heterocycles. The number of nitrogens with zero attached hydrogens (tertiary/aromatic N) is 2. The number of terminal acetylenes is 1. The largest absolute Gasteiger partial charge is 0.353 e. The van der Waals surface area contributed by atoms with Gasteiger partial charge in [-0.15, -0.1) is 6.42 Å². The maximum absolute atomic E-state index is 10.7. The second kappa shape index (κ2) is 4.23. The van der Waals surface area contributed by atoms with E-state index in [1.54, 1.807) is 13.0 Å². The van der Waals surface area contributed by atoms with Gasteiger partial charge < -0.3 is 5.32 Å². The molecular weight excluding hydrogens is 182 g/mol. The third kappa shape index (κ3) is 1.98. The fourth-order valence-corrected chi connectivity index (χ4v) is 1.05. The summed E-state index contributed by atoms with van der Waals surface area (Å²) in [5.74, 6) is 2.54. The molecule has 1 rings (SSSR count). The highest BCUT2D eigenvalue weighted by Gasteiger charge is 2.17. The SMILES string of the molecule is C#CCNc1nccc(C)c1[N+](=O)[O-]. The van der Waals surface area contributed by atoms with E-state index in [4.69, 9.17) is 6.42 Å². The smallest absolute Gasteiger partial charge is 0.314 e. The predicted octanol–water partition coefficient (Wildman–Crippen LogP) is 1.34. The molecule has 0 fully saturated rings. The zero-order valence-electron chi connectivity index (χ0n) is 7.65. The van der Waals surface area contributed by atoms with Crippen molar-refractivity contribution < 1.29 is 4.92 Å². The van der Waals surface area contributed by atoms with E-state index in [9.17, 15) is 10.1 Å². The van der Waals surface area contributed by atoms with Crippen LogP contribution in [0.3, 0.4) is 0 Å². The molecule has 0 spiro atoms. The van der Waals surface area contributed by atoms with Gasteiger partial charge in [0.05, 0.1) is 11.5 Å². The van der Waals surface area contributed by atoms with Crippen LogP contribution in [0.2, 0.25) is 0 Å². The number of aryl methyl sites for hydroxylation is 1. The van der Waals surface area contributed by atoms with Crippen LogP contribution in [0.25, 0.3) is 0 Å². The number of aromatic nitrogens is 1. The maximum Gasteiger partial charge on any atom is 0.314 e. The molecule has 1 N–H and O–H groups in total. The first-order valence-corrected chi connectivity index (χ1v) is 3.94. The van der Waals surface area contributed by atoms with Crippen molar-refractivity contribution in [2.24, 2.45) is 0 Å². The maximum atomic E-state index is 10.7. The van der Waals surface area contributed by atoms with Crippen LogP contribution in [0, 0.1) is 29.4 Å². The zero-order chi connectivity index (χ0) is 10.6. The minimum atomic E-state index is -0.471. The van der Waals surface area contributed by atoms with Crippen LogP contribution in [-0.2, 0) is 0 Å². The van der Waals surface area contributed by atoms with Gasteiger partial charge in [0.15, 0.2) is 0 Å². The van der Waals surface area contributed by atoms with Gasteiger partial charge in [-0.1, -0.05) is 5.92 Å². The molecule has 0 aliphatic carbocycles. The minimum Gasteiger partial charge on any atom is -0.353 e. The molecular formula is C9H9N3O2. The lowest BCUT2D eigenvalue weighted by molar-refractivity contribution is -0.384. The molecule has 0 unspecified atom stereocenters. The molecule has 0 aromatic carbocycles. The Morgan fingerprint density at radius 2 is 2.50 bits per heavy atom. The second-order valence-corrected chi connectivity index (χ2v) is 2.64. The van der Waals surface area contributed by atoms with Gasteiger partial charge in [-0.05, 0) is 13.0 Å². The quantitative estimate of drug-likeness (QED) is 0.444. The molecule has 5 nitrogen and oxygen atoms in total. The topological polar surface area (TPSA) is 68.1 Å². The van der Waals surface area contributed by atoms with Gasteiger partial charge in [0.1, 0.15) is 0 Å². The van der Waals surface area contributed by atoms with Gasteiger partial charge in [-0.3, -0.25) is 10.1 Å². The van der Waals surface area contributed by atoms with Gasteiger partial charge in [-0.2, -0.15) is 0 Å². The highest BCUT2D eigenvalue weighted by atomic mass is 16.6. The first kappa shape index (κ1) is 9.99. The second-order valence-electron chi connectivity index (χ2n) is 2.64. The summed E-state index contributed by atoms with van der Waals surface area (Å²) in [6.07, 6.45) is 6.53. The highest BCUT2D eigenvalue weighted by molar-refractivity contribution is 5.60. The van der Waals surface area contributed by atoms with Gasteiger partial charge in [0, 0.05) is 11.8 Å². The molecule has 0 bridgehead atoms. The van der Waals surface area contributed by atoms with Crippen molar-refractivity contribution in [3.05, 3.63) is 27.9 Å². The number of pyridine rings is 1. The minimum absolute atomic E-state index is 0.0252. The van der Waals surface area contributed by atoms with Gasteiger partial charge >= 0.3 is 5.69 Å². The van der Waals surface area contributed by atoms with E-state index in [1.165, 1.54) is 6.20 Å². The number of rotatable bonds is 3. The van der Waals surface area contributed by atoms with E-state index in [2.05, 4.69) is 16.2 Å². The van der Waals surface area contributed by atoms with E-state index in [1.807, 2.05) is 0 Å². The van der Waals surface area contributed by atoms with Crippen LogP contribution < -0.4 is 5.32 Å². The van der Waals surface area contributed by atoms with Crippen molar-refractivity contribution in [2.45, 2.75) is 6.92 Å². The van der Waals surface area contributed by atoms with Crippen molar-refractivity contribution >= 4 is 11.5 Å². The number of nitrogens with one attached hydrogen (secondary N) is 1. The lowest BCUT2D eigenvalue weighted by Crippen LogP contribution is -2.05. The molecule has 1 aromatic rings. The third-order valence-corrected chi connectivity index (χ3v) is 1.67. The monoisotopic (exact) mass is 191 g/mol. The Hall–Kier alpha value is -2.09. The molecule has 0 aliphatic rings. The molecule has 0 radical (unpaired) electrons. The summed E-state index contributed by atoms with van der Waals surface area (Å²) in [6.45, 7) is 1.87. The predicted molar refractivity (Wildman–Crippen MR) is 53.0 cm³/mol. The summed E-state index contributed by atoms with van der Waals surface area (Å²) in [4.78, 5) is 14.1. The Bertz CT molecular complexity index is 396. The highest BCUT2D eigenvalue weighted by Crippen LogP contribution is 2.24. The summed E-state index contributed by atoms with van der Waals surface area (Å²) in [5.41, 5.74) is 0.535. The normalized spacial score (nSPS) is 9.14. The van der Waals surface area contributed by atoms with E-state index in [0.717, 1.165) is 0 Å². The Kier molecular flexibility index (Phi) is 3.02. The fraction of sp³-hybridized carbons (Fsp3) is 0.222. The summed E-state index contributed by atoms with van der Waals surface area (Å²) in [7, 11) is 0. The average molecular weight is 191 g/mol. The van der Waals surface area contributed by atoms with Crippen LogP contribution >= 0.6 is 0 Å². The summed E-state index contributed by atoms with van der Waals surface area (Å²) < 4.78 is 0.